The van der Waals surface area contributed by atoms with Gasteiger partial charge in [0.25, 0.3) is 0 Å². The molecule has 3 atom stereocenters. The fraction of sp³-hybridized carbons (Fsp3) is 0.333. The molecule has 0 spiro atoms. The molecule has 9 heteroatoms. The molecule has 0 amide bonds. The first-order valence-corrected chi connectivity index (χ1v) is 10.9. The van der Waals surface area contributed by atoms with E-state index in [-0.39, 0.29) is 6.10 Å². The van der Waals surface area contributed by atoms with Crippen LogP contribution in [-0.4, -0.2) is 38.2 Å². The molecule has 2 aromatic heterocycles. The Balaban J connectivity index is 1.59. The summed E-state index contributed by atoms with van der Waals surface area (Å²) in [5.41, 5.74) is 4.20. The van der Waals surface area contributed by atoms with E-state index in [9.17, 15) is 15.0 Å². The highest BCUT2D eigenvalue weighted by Crippen LogP contribution is 2.38. The van der Waals surface area contributed by atoms with E-state index in [1.165, 1.54) is 20.2 Å². The number of carboxylic acid groups (broad SMARTS) is 1. The highest BCUT2D eigenvalue weighted by Gasteiger charge is 2.27. The Bertz CT molecular complexity index is 1200. The first-order valence-electron chi connectivity index (χ1n) is 10.5. The number of hydrogen-bond donors (Lipinski definition) is 2. The lowest BCUT2D eigenvalue weighted by Crippen LogP contribution is -2.20. The quantitative estimate of drug-likeness (QED) is 0.548. The number of carbonyl (C=O) groups is 1. The van der Waals surface area contributed by atoms with Crippen molar-refractivity contribution in [3.8, 4) is 22.9 Å². The van der Waals surface area contributed by atoms with Gasteiger partial charge in [0.05, 0.1) is 53.6 Å². The molecule has 0 saturated heterocycles. The van der Waals surface area contributed by atoms with Gasteiger partial charge < -0.3 is 19.7 Å². The minimum absolute atomic E-state index is 0.315. The number of hydrogen-bond acceptors (Lipinski definition) is 7. The first kappa shape index (κ1) is 22.9. The predicted molar refractivity (Wildman–Crippen MR) is 121 cm³/mol. The van der Waals surface area contributed by atoms with E-state index in [0.29, 0.717) is 44.9 Å². The van der Waals surface area contributed by atoms with Crippen LogP contribution >= 0.6 is 11.6 Å². The smallest absolute Gasteiger partial charge is 0.309 e. The maximum atomic E-state index is 11.2. The largest absolute Gasteiger partial charge is 0.484 e. The molecule has 0 radical (unpaired) electrons. The summed E-state index contributed by atoms with van der Waals surface area (Å²) in [4.78, 5) is 24.6. The fourth-order valence-electron chi connectivity index (χ4n) is 3.83. The van der Waals surface area contributed by atoms with E-state index >= 15 is 0 Å². The Morgan fingerprint density at radius 2 is 2.06 bits per heavy atom. The van der Waals surface area contributed by atoms with Gasteiger partial charge in [0.1, 0.15) is 11.9 Å². The summed E-state index contributed by atoms with van der Waals surface area (Å²) in [7, 11) is 1.53. The zero-order chi connectivity index (χ0) is 23.7. The van der Waals surface area contributed by atoms with Crippen molar-refractivity contribution in [2.75, 3.05) is 7.11 Å². The van der Waals surface area contributed by atoms with Crippen LogP contribution in [0.4, 0.5) is 0 Å². The molecule has 172 valence electrons. The summed E-state index contributed by atoms with van der Waals surface area (Å²) in [6.07, 6.45) is 3.23. The van der Waals surface area contributed by atoms with Gasteiger partial charge in [0.15, 0.2) is 0 Å². The van der Waals surface area contributed by atoms with Crippen molar-refractivity contribution in [3.63, 3.8) is 0 Å². The molecule has 4 rings (SSSR count). The number of ether oxygens (including phenoxy) is 2. The summed E-state index contributed by atoms with van der Waals surface area (Å²) < 4.78 is 11.4. The van der Waals surface area contributed by atoms with Gasteiger partial charge in [-0.2, -0.15) is 0 Å². The highest BCUT2D eigenvalue weighted by atomic mass is 35.5. The molecule has 33 heavy (non-hydrogen) atoms. The number of pyridine rings is 1. The second-order valence-corrected chi connectivity index (χ2v) is 8.43. The lowest BCUT2D eigenvalue weighted by atomic mass is 9.93. The Kier molecular flexibility index (Phi) is 6.49. The summed E-state index contributed by atoms with van der Waals surface area (Å²) in [5, 5.41) is 20.0. The summed E-state index contributed by atoms with van der Waals surface area (Å²) in [6.45, 7) is 3.33. The van der Waals surface area contributed by atoms with Gasteiger partial charge in [0.2, 0.25) is 5.88 Å². The number of nitrogens with zero attached hydrogens (tertiary/aromatic N) is 3. The van der Waals surface area contributed by atoms with Crippen molar-refractivity contribution in [2.24, 2.45) is 5.92 Å². The number of fused-ring (bicyclic) bond motifs is 1. The van der Waals surface area contributed by atoms with Crippen LogP contribution in [0, 0.1) is 12.8 Å². The zero-order valence-corrected chi connectivity index (χ0v) is 19.2. The molecule has 0 fully saturated rings. The van der Waals surface area contributed by atoms with E-state index in [0.717, 1.165) is 18.4 Å². The normalized spacial score (nSPS) is 16.9. The molecule has 1 unspecified atom stereocenters. The van der Waals surface area contributed by atoms with Gasteiger partial charge in [-0.1, -0.05) is 23.7 Å². The molecule has 0 bridgehead atoms. The van der Waals surface area contributed by atoms with Crippen molar-refractivity contribution >= 4 is 17.6 Å². The maximum Gasteiger partial charge on any atom is 0.309 e. The molecule has 0 aliphatic carbocycles. The topological polar surface area (TPSA) is 115 Å². The van der Waals surface area contributed by atoms with Crippen LogP contribution in [0.15, 0.2) is 36.7 Å². The lowest BCUT2D eigenvalue weighted by molar-refractivity contribution is -0.145. The SMILES string of the molecule is COc1cc(-c2ncc(C3CCc4ccc([C@H](O)[C@H](C)C(=O)O)cc4O3)nc2C)c(Cl)cn1. The summed E-state index contributed by atoms with van der Waals surface area (Å²) in [5.74, 6) is -0.938. The third kappa shape index (κ3) is 4.62. The second kappa shape index (κ2) is 9.33. The lowest BCUT2D eigenvalue weighted by Gasteiger charge is -2.27. The number of aliphatic hydroxyl groups is 1. The van der Waals surface area contributed by atoms with Gasteiger partial charge >= 0.3 is 5.97 Å². The van der Waals surface area contributed by atoms with E-state index in [4.69, 9.17) is 26.1 Å². The molecule has 3 heterocycles. The number of halogens is 1. The molecule has 1 aliphatic heterocycles. The minimum Gasteiger partial charge on any atom is -0.484 e. The van der Waals surface area contributed by atoms with Crippen LogP contribution in [0.5, 0.6) is 11.6 Å². The Hall–Kier alpha value is -3.23. The molecule has 2 N–H and O–H groups in total. The third-order valence-electron chi connectivity index (χ3n) is 5.83. The van der Waals surface area contributed by atoms with Gasteiger partial charge in [-0.25, -0.2) is 4.98 Å². The van der Waals surface area contributed by atoms with Crippen molar-refractivity contribution in [1.82, 2.24) is 15.0 Å². The number of aryl methyl sites for hydroxylation is 2. The number of aliphatic hydroxyl groups excluding tert-OH is 1. The van der Waals surface area contributed by atoms with Crippen LogP contribution in [0.2, 0.25) is 5.02 Å². The van der Waals surface area contributed by atoms with E-state index < -0.39 is 18.0 Å². The number of aromatic nitrogens is 3. The van der Waals surface area contributed by atoms with Crippen LogP contribution in [-0.2, 0) is 11.2 Å². The van der Waals surface area contributed by atoms with Crippen molar-refractivity contribution in [2.45, 2.75) is 38.9 Å². The van der Waals surface area contributed by atoms with E-state index in [2.05, 4.69) is 9.97 Å². The molecular weight excluding hydrogens is 446 g/mol. The number of carboxylic acids is 1. The minimum atomic E-state index is -1.12. The van der Waals surface area contributed by atoms with Gasteiger partial charge in [0, 0.05) is 11.6 Å². The van der Waals surface area contributed by atoms with Gasteiger partial charge in [-0.3, -0.25) is 14.8 Å². The Morgan fingerprint density at radius 1 is 1.27 bits per heavy atom. The average Bonchev–Trinajstić information content (AvgIpc) is 2.82. The van der Waals surface area contributed by atoms with Crippen molar-refractivity contribution in [1.29, 1.82) is 0 Å². The van der Waals surface area contributed by atoms with Gasteiger partial charge in [-0.15, -0.1) is 0 Å². The van der Waals surface area contributed by atoms with Crippen LogP contribution in [0.3, 0.4) is 0 Å². The first-order chi connectivity index (χ1) is 15.8. The van der Waals surface area contributed by atoms with Crippen molar-refractivity contribution in [3.05, 3.63) is 64.2 Å². The fourth-order valence-corrected chi connectivity index (χ4v) is 4.03. The van der Waals surface area contributed by atoms with E-state index in [1.54, 1.807) is 24.4 Å². The van der Waals surface area contributed by atoms with E-state index in [1.807, 2.05) is 13.0 Å². The Labute approximate surface area is 196 Å². The molecule has 8 nitrogen and oxygen atoms in total. The summed E-state index contributed by atoms with van der Waals surface area (Å²) >= 11 is 6.32. The Morgan fingerprint density at radius 3 is 2.76 bits per heavy atom. The van der Waals surface area contributed by atoms with Crippen LogP contribution < -0.4 is 9.47 Å². The molecule has 1 aromatic carbocycles. The predicted octanol–water partition coefficient (Wildman–Crippen LogP) is 4.33. The second-order valence-electron chi connectivity index (χ2n) is 8.02. The monoisotopic (exact) mass is 469 g/mol. The molecular formula is C24H24ClN3O5. The van der Waals surface area contributed by atoms with Crippen molar-refractivity contribution < 1.29 is 24.5 Å². The maximum absolute atomic E-state index is 11.2. The summed E-state index contributed by atoms with van der Waals surface area (Å²) in [6, 6.07) is 7.05. The molecule has 0 saturated carbocycles. The van der Waals surface area contributed by atoms with Gasteiger partial charge in [-0.05, 0) is 43.9 Å². The highest BCUT2D eigenvalue weighted by molar-refractivity contribution is 6.33. The number of benzene rings is 1. The average molecular weight is 470 g/mol. The zero-order valence-electron chi connectivity index (χ0n) is 18.4. The number of aliphatic carboxylic acids is 1. The number of methoxy groups -OCH3 is 1. The van der Waals surface area contributed by atoms with Crippen LogP contribution in [0.25, 0.3) is 11.3 Å². The molecule has 3 aromatic rings. The standard InChI is InChI=1S/C24H24ClN3O5/c1-12(24(30)31)23(29)15-5-4-14-6-7-19(33-20(14)8-15)18-11-27-22(13(2)28-18)16-9-21(32-3)26-10-17(16)25/h4-5,8-12,19,23,29H,6-7H2,1-3H3,(H,30,31)/t12-,19?,23+/m0/s1. The number of rotatable bonds is 6. The van der Waals surface area contributed by atoms with Crippen LogP contribution in [0.1, 0.15) is 48.1 Å². The third-order valence-corrected chi connectivity index (χ3v) is 6.13. The molecule has 1 aliphatic rings.